The summed E-state index contributed by atoms with van der Waals surface area (Å²) in [6.07, 6.45) is -0.00727. The van der Waals surface area contributed by atoms with Crippen LogP contribution in [0.1, 0.15) is 157 Å². The molecule has 0 radical (unpaired) electrons. The van der Waals surface area contributed by atoms with E-state index in [9.17, 15) is 43.2 Å². The minimum Gasteiger partial charge on any atom is -0.467 e. The molecule has 0 aromatic carbocycles. The third-order valence-corrected chi connectivity index (χ3v) is 9.84. The van der Waals surface area contributed by atoms with Gasteiger partial charge in [0.15, 0.2) is 0 Å². The number of methoxy groups -OCH3 is 1. The first kappa shape index (κ1) is 60.0. The molecule has 0 aliphatic heterocycles. The average Bonchev–Trinajstić information content (AvgIpc) is 3.10. The highest BCUT2D eigenvalue weighted by molar-refractivity contribution is 6.00. The molecule has 0 rings (SSSR count). The molecule has 0 aromatic heterocycles. The second-order valence-corrected chi connectivity index (χ2v) is 21.7. The quantitative estimate of drug-likeness (QED) is 0.0652. The van der Waals surface area contributed by atoms with Gasteiger partial charge < -0.3 is 52.0 Å². The standard InChI is InChI=1S/C46H84N8O11/c1-25(2)21-29(33(55)52-44(14,15)38(60)49-31(23-27(5)6)35(57)54-46(18,19)40(62)64-20)47-37(59)43(12,13)51-34(56)30(22-26(3)4)48-39(61)45(16,17)53-36(58)32(24-28(7)8)50-41(63)65-42(9,10)11/h25-32H,21-24H2,1-20H3,(H,47,59)(H,48,61)(H,49,60)(H,50,63)(H,51,56)(H,52,55)(H,53,58)(H,54,57)/t29-,30-,31-,32-/m0/s1. The normalized spacial score (nSPS) is 14.3. The number of esters is 1. The highest BCUT2D eigenvalue weighted by atomic mass is 16.6. The first-order chi connectivity index (χ1) is 29.3. The Labute approximate surface area is 387 Å². The molecule has 0 spiro atoms. The largest absolute Gasteiger partial charge is 0.467 e. The number of hydrogen-bond donors (Lipinski definition) is 8. The van der Waals surface area contributed by atoms with Crippen molar-refractivity contribution >= 4 is 53.4 Å². The molecule has 65 heavy (non-hydrogen) atoms. The molecule has 0 heterocycles. The summed E-state index contributed by atoms with van der Waals surface area (Å²) >= 11 is 0. The highest BCUT2D eigenvalue weighted by Gasteiger charge is 2.41. The van der Waals surface area contributed by atoms with E-state index in [-0.39, 0.29) is 49.4 Å². The summed E-state index contributed by atoms with van der Waals surface area (Å²) in [5.41, 5.74) is -6.97. The van der Waals surface area contributed by atoms with Gasteiger partial charge in [-0.3, -0.25) is 33.6 Å². The molecule has 0 saturated carbocycles. The van der Waals surface area contributed by atoms with Crippen molar-refractivity contribution in [2.24, 2.45) is 23.7 Å². The molecular weight excluding hydrogens is 841 g/mol. The molecule has 374 valence electrons. The maximum absolute atomic E-state index is 13.9. The second kappa shape index (κ2) is 24.5. The fraction of sp³-hybridized carbons (Fsp3) is 0.804. The van der Waals surface area contributed by atoms with E-state index in [0.29, 0.717) is 0 Å². The van der Waals surface area contributed by atoms with Gasteiger partial charge in [0.2, 0.25) is 41.4 Å². The molecule has 0 aliphatic carbocycles. The van der Waals surface area contributed by atoms with Gasteiger partial charge in [0.1, 0.15) is 51.9 Å². The van der Waals surface area contributed by atoms with Crippen molar-refractivity contribution in [2.75, 3.05) is 7.11 Å². The lowest BCUT2D eigenvalue weighted by atomic mass is 9.95. The summed E-state index contributed by atoms with van der Waals surface area (Å²) in [6, 6.07) is -4.41. The maximum Gasteiger partial charge on any atom is 0.408 e. The summed E-state index contributed by atoms with van der Waals surface area (Å²) < 4.78 is 10.1. The van der Waals surface area contributed by atoms with Crippen molar-refractivity contribution in [3.05, 3.63) is 0 Å². The highest BCUT2D eigenvalue weighted by Crippen LogP contribution is 2.17. The Bertz CT molecular complexity index is 1700. The van der Waals surface area contributed by atoms with Gasteiger partial charge in [-0.15, -0.1) is 0 Å². The second-order valence-electron chi connectivity index (χ2n) is 21.7. The van der Waals surface area contributed by atoms with Crippen LogP contribution in [0.5, 0.6) is 0 Å². The SMILES string of the molecule is COC(=O)C(C)(C)NC(=O)[C@H](CC(C)C)NC(=O)C(C)(C)NC(=O)[C@H](CC(C)C)NC(=O)C(C)(C)NC(=O)[C@H](CC(C)C)NC(=O)C(C)(C)NC(=O)[C@H](CC(C)C)NC(=O)OC(C)(C)C. The van der Waals surface area contributed by atoms with Crippen molar-refractivity contribution < 1.29 is 52.6 Å². The summed E-state index contributed by atoms with van der Waals surface area (Å²) in [6.45, 7) is 31.5. The van der Waals surface area contributed by atoms with E-state index in [0.717, 1.165) is 0 Å². The summed E-state index contributed by atoms with van der Waals surface area (Å²) in [5.74, 6) is -5.71. The number of rotatable bonds is 24. The van der Waals surface area contributed by atoms with E-state index in [1.54, 1.807) is 20.8 Å². The molecule has 0 unspecified atom stereocenters. The molecule has 8 amide bonds. The lowest BCUT2D eigenvalue weighted by Gasteiger charge is -2.34. The van der Waals surface area contributed by atoms with Crippen LogP contribution in [-0.2, 0) is 47.8 Å². The number of carbonyl (C=O) groups is 9. The number of alkyl carbamates (subject to hydrolysis) is 1. The number of ether oxygens (including phenoxy) is 2. The van der Waals surface area contributed by atoms with Crippen LogP contribution in [0.3, 0.4) is 0 Å². The van der Waals surface area contributed by atoms with Crippen LogP contribution in [0.2, 0.25) is 0 Å². The summed E-state index contributed by atoms with van der Waals surface area (Å²) in [4.78, 5) is 121. The van der Waals surface area contributed by atoms with E-state index in [1.807, 2.05) is 55.4 Å². The lowest BCUT2D eigenvalue weighted by Crippen LogP contribution is -2.65. The number of carbonyl (C=O) groups excluding carboxylic acids is 9. The van der Waals surface area contributed by atoms with Gasteiger partial charge in [0, 0.05) is 0 Å². The lowest BCUT2D eigenvalue weighted by molar-refractivity contribution is -0.149. The van der Waals surface area contributed by atoms with Gasteiger partial charge in [-0.2, -0.15) is 0 Å². The zero-order valence-electron chi connectivity index (χ0n) is 42.9. The smallest absolute Gasteiger partial charge is 0.408 e. The molecule has 19 nitrogen and oxygen atoms in total. The predicted molar refractivity (Wildman–Crippen MR) is 248 cm³/mol. The zero-order valence-corrected chi connectivity index (χ0v) is 42.9. The third kappa shape index (κ3) is 21.7. The van der Waals surface area contributed by atoms with Crippen LogP contribution in [0.25, 0.3) is 0 Å². The molecule has 0 bridgehead atoms. The van der Waals surface area contributed by atoms with E-state index in [4.69, 9.17) is 9.47 Å². The van der Waals surface area contributed by atoms with Crippen molar-refractivity contribution in [3.63, 3.8) is 0 Å². The Morgan fingerprint density at radius 1 is 0.385 bits per heavy atom. The number of amides is 8. The summed E-state index contributed by atoms with van der Waals surface area (Å²) in [7, 11) is 1.19. The monoisotopic (exact) mass is 925 g/mol. The van der Waals surface area contributed by atoms with Gasteiger partial charge in [0.25, 0.3) is 0 Å². The molecule has 8 N–H and O–H groups in total. The minimum atomic E-state index is -1.63. The van der Waals surface area contributed by atoms with Crippen LogP contribution in [0, 0.1) is 23.7 Å². The first-order valence-corrected chi connectivity index (χ1v) is 22.6. The van der Waals surface area contributed by atoms with Gasteiger partial charge in [-0.05, 0) is 126 Å². The van der Waals surface area contributed by atoms with Crippen LogP contribution >= 0.6 is 0 Å². The van der Waals surface area contributed by atoms with Crippen LogP contribution < -0.4 is 42.5 Å². The Hall–Kier alpha value is -4.97. The van der Waals surface area contributed by atoms with Gasteiger partial charge in [-0.25, -0.2) is 9.59 Å². The van der Waals surface area contributed by atoms with Gasteiger partial charge in [-0.1, -0.05) is 55.4 Å². The van der Waals surface area contributed by atoms with Crippen molar-refractivity contribution in [2.45, 2.75) is 209 Å². The Balaban J connectivity index is 6.20. The van der Waals surface area contributed by atoms with Crippen molar-refractivity contribution in [1.82, 2.24) is 42.5 Å². The average molecular weight is 925 g/mol. The molecule has 19 heteroatoms. The van der Waals surface area contributed by atoms with Crippen LogP contribution in [0.15, 0.2) is 0 Å². The zero-order chi connectivity index (χ0) is 51.2. The number of hydrogen-bond acceptors (Lipinski definition) is 11. The Morgan fingerprint density at radius 2 is 0.615 bits per heavy atom. The topological polar surface area (TPSA) is 268 Å². The minimum absolute atomic E-state index is 0.00502. The Morgan fingerprint density at radius 3 is 0.831 bits per heavy atom. The molecule has 0 fully saturated rings. The first-order valence-electron chi connectivity index (χ1n) is 22.6. The fourth-order valence-corrected chi connectivity index (χ4v) is 6.33. The maximum atomic E-state index is 13.9. The van der Waals surface area contributed by atoms with E-state index >= 15 is 0 Å². The third-order valence-electron chi connectivity index (χ3n) is 9.84. The fourth-order valence-electron chi connectivity index (χ4n) is 6.33. The predicted octanol–water partition coefficient (Wildman–Crippen LogP) is 3.27. The van der Waals surface area contributed by atoms with Gasteiger partial charge >= 0.3 is 12.1 Å². The molecule has 0 aromatic rings. The molecule has 0 aliphatic rings. The Kier molecular flexibility index (Phi) is 22.6. The molecular formula is C46H84N8O11. The van der Waals surface area contributed by atoms with E-state index < -0.39 is 105 Å². The van der Waals surface area contributed by atoms with E-state index in [2.05, 4.69) is 42.5 Å². The van der Waals surface area contributed by atoms with E-state index in [1.165, 1.54) is 62.5 Å². The molecule has 4 atom stereocenters. The number of nitrogens with one attached hydrogen (secondary N) is 8. The van der Waals surface area contributed by atoms with Crippen molar-refractivity contribution in [3.8, 4) is 0 Å². The van der Waals surface area contributed by atoms with Crippen LogP contribution in [0.4, 0.5) is 4.79 Å². The van der Waals surface area contributed by atoms with Crippen LogP contribution in [-0.4, -0.2) is 112 Å². The molecule has 0 saturated heterocycles. The summed E-state index contributed by atoms with van der Waals surface area (Å²) in [5, 5.41) is 21.4. The van der Waals surface area contributed by atoms with Gasteiger partial charge in [0.05, 0.1) is 7.11 Å². The van der Waals surface area contributed by atoms with Crippen molar-refractivity contribution in [1.29, 1.82) is 0 Å².